The van der Waals surface area contributed by atoms with E-state index in [2.05, 4.69) is 26.2 Å². The molecule has 0 saturated heterocycles. The fraction of sp³-hybridized carbons (Fsp3) is 0.409. The minimum absolute atomic E-state index is 0.0437. The van der Waals surface area contributed by atoms with E-state index in [1.807, 2.05) is 17.6 Å². The first kappa shape index (κ1) is 19.7. The van der Waals surface area contributed by atoms with Gasteiger partial charge in [-0.1, -0.05) is 0 Å². The molecule has 0 atom stereocenters. The third-order valence-electron chi connectivity index (χ3n) is 6.10. The number of amides is 1. The van der Waals surface area contributed by atoms with Gasteiger partial charge in [-0.2, -0.15) is 13.9 Å². The van der Waals surface area contributed by atoms with Gasteiger partial charge < -0.3 is 14.8 Å². The number of fused-ring (bicyclic) bond motifs is 1. The van der Waals surface area contributed by atoms with Gasteiger partial charge in [0.1, 0.15) is 11.5 Å². The second kappa shape index (κ2) is 7.18. The predicted octanol–water partition coefficient (Wildman–Crippen LogP) is 3.30. The van der Waals surface area contributed by atoms with Crippen molar-refractivity contribution in [1.82, 2.24) is 19.9 Å². The highest BCUT2D eigenvalue weighted by Crippen LogP contribution is 2.68. The molecule has 1 amide bonds. The lowest BCUT2D eigenvalue weighted by atomic mass is 9.38. The number of hydrogen-bond donors (Lipinski definition) is 1. The maximum Gasteiger partial charge on any atom is 0.387 e. The summed E-state index contributed by atoms with van der Waals surface area (Å²) in [5, 5.41) is 7.53. The summed E-state index contributed by atoms with van der Waals surface area (Å²) in [6, 6.07) is 7.79. The van der Waals surface area contributed by atoms with Gasteiger partial charge in [0.2, 0.25) is 0 Å². The van der Waals surface area contributed by atoms with E-state index in [1.54, 1.807) is 6.20 Å². The van der Waals surface area contributed by atoms with Crippen molar-refractivity contribution in [1.29, 1.82) is 0 Å². The summed E-state index contributed by atoms with van der Waals surface area (Å²) >= 11 is 0. The Labute approximate surface area is 177 Å². The zero-order valence-electron chi connectivity index (χ0n) is 17.0. The van der Waals surface area contributed by atoms with E-state index in [1.165, 1.54) is 24.3 Å². The lowest BCUT2D eigenvalue weighted by Crippen LogP contribution is -2.75. The van der Waals surface area contributed by atoms with Gasteiger partial charge in [-0.3, -0.25) is 9.78 Å². The van der Waals surface area contributed by atoms with Crippen molar-refractivity contribution in [3.8, 4) is 11.5 Å². The molecule has 3 aromatic rings. The monoisotopic (exact) mass is 428 g/mol. The summed E-state index contributed by atoms with van der Waals surface area (Å²) in [5.41, 5.74) is 3.11. The Hall–Kier alpha value is -3.23. The van der Waals surface area contributed by atoms with Crippen molar-refractivity contribution in [3.05, 3.63) is 54.1 Å². The zero-order chi connectivity index (χ0) is 21.6. The van der Waals surface area contributed by atoms with E-state index in [-0.39, 0.29) is 29.2 Å². The minimum Gasteiger partial charge on any atom is -0.484 e. The van der Waals surface area contributed by atoms with Gasteiger partial charge in [0.05, 0.1) is 16.9 Å². The van der Waals surface area contributed by atoms with Crippen molar-refractivity contribution in [2.75, 3.05) is 6.61 Å². The van der Waals surface area contributed by atoms with Crippen LogP contribution in [0.5, 0.6) is 11.5 Å². The van der Waals surface area contributed by atoms with E-state index in [9.17, 15) is 13.6 Å². The summed E-state index contributed by atoms with van der Waals surface area (Å²) in [6.07, 6.45) is 7.31. The van der Waals surface area contributed by atoms with Crippen LogP contribution in [0.3, 0.4) is 0 Å². The number of aromatic nitrogens is 3. The first-order chi connectivity index (χ1) is 14.8. The van der Waals surface area contributed by atoms with E-state index in [0.717, 1.165) is 42.6 Å². The second-order valence-corrected chi connectivity index (χ2v) is 8.66. The van der Waals surface area contributed by atoms with Crippen LogP contribution in [0.15, 0.2) is 42.7 Å². The summed E-state index contributed by atoms with van der Waals surface area (Å²) in [5.74, 6) is 0.274. The van der Waals surface area contributed by atoms with E-state index >= 15 is 0 Å². The third kappa shape index (κ3) is 3.80. The van der Waals surface area contributed by atoms with Crippen LogP contribution in [0.1, 0.15) is 30.7 Å². The molecule has 6 rings (SSSR count). The number of halogens is 2. The molecule has 0 unspecified atom stereocenters. The van der Waals surface area contributed by atoms with Crippen molar-refractivity contribution in [2.45, 2.75) is 44.8 Å². The highest BCUT2D eigenvalue weighted by molar-refractivity contribution is 5.79. The Morgan fingerprint density at radius 2 is 1.94 bits per heavy atom. The van der Waals surface area contributed by atoms with Crippen LogP contribution < -0.4 is 14.8 Å². The van der Waals surface area contributed by atoms with Crippen LogP contribution in [0.2, 0.25) is 0 Å². The Bertz CT molecular complexity index is 1110. The number of nitrogens with zero attached hydrogens (tertiary/aromatic N) is 3. The molecule has 3 fully saturated rings. The van der Waals surface area contributed by atoms with E-state index in [0.29, 0.717) is 5.75 Å². The number of aryl methyl sites for hydroxylation is 1. The molecule has 2 bridgehead atoms. The van der Waals surface area contributed by atoms with Crippen LogP contribution in [0, 0.1) is 12.3 Å². The molecule has 0 radical (unpaired) electrons. The Morgan fingerprint density at radius 3 is 2.65 bits per heavy atom. The molecule has 3 aliphatic carbocycles. The first-order valence-corrected chi connectivity index (χ1v) is 10.1. The number of carbonyl (C=O) groups is 1. The molecule has 2 aromatic heterocycles. The van der Waals surface area contributed by atoms with Crippen LogP contribution in [0.25, 0.3) is 5.52 Å². The Kier molecular flexibility index (Phi) is 4.56. The van der Waals surface area contributed by atoms with Crippen molar-refractivity contribution in [2.24, 2.45) is 5.41 Å². The van der Waals surface area contributed by atoms with Gasteiger partial charge in [-0.15, -0.1) is 0 Å². The van der Waals surface area contributed by atoms with Crippen molar-refractivity contribution < 1.29 is 23.0 Å². The molecule has 3 aliphatic rings. The molecule has 1 N–H and O–H groups in total. The average molecular weight is 428 g/mol. The number of benzene rings is 1. The Balaban J connectivity index is 1.11. The molecule has 1 aromatic carbocycles. The number of ether oxygens (including phenoxy) is 2. The standard InChI is InChI=1S/C22H22F2N4O3/c1-14-8-18-17(25-6-7-28(18)27-14)9-21-11-22(12-21,13-21)26-19(29)10-30-15-2-4-16(5-3-15)31-20(23)24/h2-8,20H,9-13H2,1H3,(H,26,29). The lowest BCUT2D eigenvalue weighted by Gasteiger charge is -2.70. The maximum absolute atomic E-state index is 12.3. The molecule has 9 heteroatoms. The Morgan fingerprint density at radius 1 is 1.23 bits per heavy atom. The summed E-state index contributed by atoms with van der Waals surface area (Å²) in [6.45, 7) is -1.03. The van der Waals surface area contributed by atoms with E-state index < -0.39 is 6.61 Å². The minimum atomic E-state index is -2.87. The largest absolute Gasteiger partial charge is 0.484 e. The maximum atomic E-state index is 12.3. The molecular weight excluding hydrogens is 406 g/mol. The third-order valence-corrected chi connectivity index (χ3v) is 6.10. The number of nitrogens with one attached hydrogen (secondary N) is 1. The second-order valence-electron chi connectivity index (χ2n) is 8.66. The number of alkyl halides is 2. The fourth-order valence-corrected chi connectivity index (χ4v) is 5.11. The number of hydrogen-bond acceptors (Lipinski definition) is 5. The first-order valence-electron chi connectivity index (χ1n) is 10.1. The quantitative estimate of drug-likeness (QED) is 0.596. The topological polar surface area (TPSA) is 77.8 Å². The molecule has 2 heterocycles. The number of rotatable bonds is 8. The van der Waals surface area contributed by atoms with Gasteiger partial charge in [-0.25, -0.2) is 4.52 Å². The SMILES string of the molecule is Cc1cc2c(CC34CC(NC(=O)COc5ccc(OC(F)F)cc5)(C3)C4)nccn2n1. The summed E-state index contributed by atoms with van der Waals surface area (Å²) in [7, 11) is 0. The molecule has 162 valence electrons. The van der Waals surface area contributed by atoms with Gasteiger partial charge in [0.25, 0.3) is 5.91 Å². The highest BCUT2D eigenvalue weighted by Gasteiger charge is 2.68. The molecule has 0 aliphatic heterocycles. The lowest BCUT2D eigenvalue weighted by molar-refractivity contribution is -0.166. The normalized spacial score (nSPS) is 23.9. The zero-order valence-corrected chi connectivity index (χ0v) is 17.0. The summed E-state index contributed by atoms with van der Waals surface area (Å²) in [4.78, 5) is 16.9. The predicted molar refractivity (Wildman–Crippen MR) is 107 cm³/mol. The van der Waals surface area contributed by atoms with Crippen LogP contribution in [0.4, 0.5) is 8.78 Å². The summed E-state index contributed by atoms with van der Waals surface area (Å²) < 4.78 is 36.0. The van der Waals surface area contributed by atoms with Gasteiger partial charge >= 0.3 is 6.61 Å². The average Bonchev–Trinajstić information content (AvgIpc) is 3.05. The molecule has 31 heavy (non-hydrogen) atoms. The highest BCUT2D eigenvalue weighted by atomic mass is 19.3. The molecular formula is C22H22F2N4O3. The molecule has 0 spiro atoms. The van der Waals surface area contributed by atoms with Gasteiger partial charge in [0, 0.05) is 17.9 Å². The van der Waals surface area contributed by atoms with Crippen LogP contribution in [-0.2, 0) is 11.2 Å². The van der Waals surface area contributed by atoms with Gasteiger partial charge in [0.15, 0.2) is 6.61 Å². The van der Waals surface area contributed by atoms with Crippen molar-refractivity contribution in [3.63, 3.8) is 0 Å². The number of carbonyl (C=O) groups excluding carboxylic acids is 1. The van der Waals surface area contributed by atoms with E-state index in [4.69, 9.17) is 4.74 Å². The van der Waals surface area contributed by atoms with Crippen LogP contribution >= 0.6 is 0 Å². The fourth-order valence-electron chi connectivity index (χ4n) is 5.11. The van der Waals surface area contributed by atoms with Crippen LogP contribution in [-0.4, -0.2) is 39.3 Å². The molecule has 3 saturated carbocycles. The van der Waals surface area contributed by atoms with Crippen molar-refractivity contribution >= 4 is 11.4 Å². The smallest absolute Gasteiger partial charge is 0.387 e. The molecule has 7 nitrogen and oxygen atoms in total. The van der Waals surface area contributed by atoms with Gasteiger partial charge in [-0.05, 0) is 68.4 Å².